The number of halogens is 1. The molecule has 0 bridgehead atoms. The summed E-state index contributed by atoms with van der Waals surface area (Å²) in [5.74, 6) is -0.356. The first kappa shape index (κ1) is 9.93. The van der Waals surface area contributed by atoms with Crippen LogP contribution >= 0.6 is 11.6 Å². The first-order valence-electron chi connectivity index (χ1n) is 4.35. The highest BCUT2D eigenvalue weighted by molar-refractivity contribution is 6.32. The Balaban J connectivity index is 2.21. The summed E-state index contributed by atoms with van der Waals surface area (Å²) < 4.78 is 1.37. The number of hydrogen-bond acceptors (Lipinski definition) is 4. The van der Waals surface area contributed by atoms with Crippen LogP contribution in [0.4, 0.5) is 5.82 Å². The Labute approximate surface area is 90.2 Å². The standard InChI is InChI=1S/C8H7ClN4O2/c9-6-3-12(11-7(6)13(14)15)5-8(4-10)1-2-8/h3H,1-2,5H2. The van der Waals surface area contributed by atoms with Crippen molar-refractivity contribution in [1.82, 2.24) is 9.78 Å². The minimum absolute atomic E-state index is 0.00809. The van der Waals surface area contributed by atoms with E-state index in [0.29, 0.717) is 6.54 Å². The molecule has 0 atom stereocenters. The zero-order chi connectivity index (χ0) is 11.1. The van der Waals surface area contributed by atoms with Gasteiger partial charge in [0.25, 0.3) is 0 Å². The number of rotatable bonds is 3. The Bertz CT molecular complexity index is 458. The van der Waals surface area contributed by atoms with Crippen LogP contribution in [0, 0.1) is 26.9 Å². The monoisotopic (exact) mass is 226 g/mol. The molecule has 15 heavy (non-hydrogen) atoms. The molecule has 2 rings (SSSR count). The lowest BCUT2D eigenvalue weighted by Crippen LogP contribution is -2.10. The van der Waals surface area contributed by atoms with Gasteiger partial charge in [-0.1, -0.05) is 11.6 Å². The first-order chi connectivity index (χ1) is 7.06. The lowest BCUT2D eigenvalue weighted by molar-refractivity contribution is -0.389. The molecule has 0 radical (unpaired) electrons. The Morgan fingerprint density at radius 1 is 1.80 bits per heavy atom. The van der Waals surface area contributed by atoms with Crippen molar-refractivity contribution in [3.05, 3.63) is 21.3 Å². The molecule has 1 aromatic rings. The Morgan fingerprint density at radius 3 is 2.87 bits per heavy atom. The van der Waals surface area contributed by atoms with Crippen LogP contribution in [0.3, 0.4) is 0 Å². The van der Waals surface area contributed by atoms with E-state index in [4.69, 9.17) is 16.9 Å². The first-order valence-corrected chi connectivity index (χ1v) is 4.73. The summed E-state index contributed by atoms with van der Waals surface area (Å²) in [6, 6.07) is 2.19. The predicted octanol–water partition coefficient (Wildman–Crippen LogP) is 1.75. The highest BCUT2D eigenvalue weighted by atomic mass is 35.5. The van der Waals surface area contributed by atoms with Crippen LogP contribution in [-0.4, -0.2) is 14.7 Å². The van der Waals surface area contributed by atoms with Gasteiger partial charge >= 0.3 is 5.82 Å². The van der Waals surface area contributed by atoms with E-state index >= 15 is 0 Å². The molecule has 0 amide bonds. The molecular weight excluding hydrogens is 220 g/mol. The summed E-state index contributed by atoms with van der Waals surface area (Å²) >= 11 is 5.62. The highest BCUT2D eigenvalue weighted by Crippen LogP contribution is 2.46. The van der Waals surface area contributed by atoms with Crippen molar-refractivity contribution in [2.75, 3.05) is 0 Å². The topological polar surface area (TPSA) is 84.8 Å². The van der Waals surface area contributed by atoms with Crippen LogP contribution in [0.1, 0.15) is 12.8 Å². The Morgan fingerprint density at radius 2 is 2.47 bits per heavy atom. The van der Waals surface area contributed by atoms with Gasteiger partial charge in [0.15, 0.2) is 5.02 Å². The average Bonchev–Trinajstić information content (AvgIpc) is 2.84. The molecule has 0 spiro atoms. The third-order valence-electron chi connectivity index (χ3n) is 2.43. The lowest BCUT2D eigenvalue weighted by Gasteiger charge is -2.00. The van der Waals surface area contributed by atoms with Crippen LogP contribution < -0.4 is 0 Å². The van der Waals surface area contributed by atoms with E-state index in [1.807, 2.05) is 0 Å². The van der Waals surface area contributed by atoms with E-state index in [2.05, 4.69) is 11.2 Å². The molecule has 1 fully saturated rings. The largest absolute Gasteiger partial charge is 0.408 e. The number of nitrogens with zero attached hydrogens (tertiary/aromatic N) is 4. The van der Waals surface area contributed by atoms with E-state index in [0.717, 1.165) is 12.8 Å². The van der Waals surface area contributed by atoms with Crippen molar-refractivity contribution in [3.63, 3.8) is 0 Å². The minimum atomic E-state index is -0.634. The van der Waals surface area contributed by atoms with Crippen molar-refractivity contribution in [2.45, 2.75) is 19.4 Å². The average molecular weight is 227 g/mol. The van der Waals surface area contributed by atoms with Gasteiger partial charge in [-0.05, 0) is 17.8 Å². The summed E-state index contributed by atoms with van der Waals surface area (Å²) in [6.45, 7) is 0.372. The normalized spacial score (nSPS) is 17.1. The Kier molecular flexibility index (Phi) is 2.12. The molecule has 1 aliphatic carbocycles. The van der Waals surface area contributed by atoms with E-state index < -0.39 is 4.92 Å². The third kappa shape index (κ3) is 1.78. The molecule has 0 saturated heterocycles. The summed E-state index contributed by atoms with van der Waals surface area (Å²) in [5, 5.41) is 23.0. The fourth-order valence-corrected chi connectivity index (χ4v) is 1.58. The number of aromatic nitrogens is 2. The van der Waals surface area contributed by atoms with Gasteiger partial charge in [0.2, 0.25) is 0 Å². The molecule has 0 aliphatic heterocycles. The van der Waals surface area contributed by atoms with Crippen molar-refractivity contribution in [1.29, 1.82) is 5.26 Å². The van der Waals surface area contributed by atoms with Gasteiger partial charge in [-0.25, -0.2) is 0 Å². The second-order valence-electron chi connectivity index (χ2n) is 3.65. The van der Waals surface area contributed by atoms with Gasteiger partial charge in [0.05, 0.1) is 29.3 Å². The molecule has 1 aliphatic rings. The number of nitriles is 1. The third-order valence-corrected chi connectivity index (χ3v) is 2.69. The van der Waals surface area contributed by atoms with Gasteiger partial charge in [-0.3, -0.25) is 0 Å². The SMILES string of the molecule is N#CC1(Cn2cc(Cl)c([N+](=O)[O-])n2)CC1. The van der Waals surface area contributed by atoms with E-state index in [1.54, 1.807) is 0 Å². The number of nitro groups is 1. The molecule has 1 aromatic heterocycles. The molecule has 0 unspecified atom stereocenters. The second-order valence-corrected chi connectivity index (χ2v) is 4.05. The zero-order valence-corrected chi connectivity index (χ0v) is 8.44. The maximum Gasteiger partial charge on any atom is 0.408 e. The smallest absolute Gasteiger partial charge is 0.358 e. The number of hydrogen-bond donors (Lipinski definition) is 0. The maximum atomic E-state index is 10.5. The molecule has 0 aromatic carbocycles. The van der Waals surface area contributed by atoms with Crippen LogP contribution in [0.2, 0.25) is 5.02 Å². The van der Waals surface area contributed by atoms with Crippen LogP contribution in [0.5, 0.6) is 0 Å². The van der Waals surface area contributed by atoms with Crippen molar-refractivity contribution in [2.24, 2.45) is 5.41 Å². The zero-order valence-electron chi connectivity index (χ0n) is 7.68. The molecule has 6 nitrogen and oxygen atoms in total. The fraction of sp³-hybridized carbons (Fsp3) is 0.500. The predicted molar refractivity (Wildman–Crippen MR) is 51.2 cm³/mol. The van der Waals surface area contributed by atoms with Gasteiger partial charge in [0, 0.05) is 0 Å². The minimum Gasteiger partial charge on any atom is -0.358 e. The molecular formula is C8H7ClN4O2. The second kappa shape index (κ2) is 3.21. The summed E-state index contributed by atoms with van der Waals surface area (Å²) in [7, 11) is 0. The molecule has 7 heteroatoms. The van der Waals surface area contributed by atoms with Gasteiger partial charge in [0.1, 0.15) is 0 Å². The van der Waals surface area contributed by atoms with Crippen LogP contribution in [0.15, 0.2) is 6.20 Å². The quantitative estimate of drug-likeness (QED) is 0.580. The Hall–Kier alpha value is -1.61. The molecule has 1 heterocycles. The van der Waals surface area contributed by atoms with Gasteiger partial charge < -0.3 is 10.1 Å². The van der Waals surface area contributed by atoms with E-state index in [-0.39, 0.29) is 16.3 Å². The summed E-state index contributed by atoms with van der Waals surface area (Å²) in [4.78, 5) is 9.83. The van der Waals surface area contributed by atoms with E-state index in [1.165, 1.54) is 10.9 Å². The maximum absolute atomic E-state index is 10.5. The summed E-state index contributed by atoms with van der Waals surface area (Å²) in [5.41, 5.74) is -0.386. The molecule has 0 N–H and O–H groups in total. The lowest BCUT2D eigenvalue weighted by atomic mass is 10.1. The molecule has 1 saturated carbocycles. The van der Waals surface area contributed by atoms with Crippen LogP contribution in [-0.2, 0) is 6.54 Å². The summed E-state index contributed by atoms with van der Waals surface area (Å²) in [6.07, 6.45) is 3.01. The molecule has 78 valence electrons. The fourth-order valence-electron chi connectivity index (χ4n) is 1.36. The van der Waals surface area contributed by atoms with Crippen LogP contribution in [0.25, 0.3) is 0 Å². The van der Waals surface area contributed by atoms with Gasteiger partial charge in [-0.2, -0.15) is 9.94 Å². The van der Waals surface area contributed by atoms with Crippen molar-refractivity contribution in [3.8, 4) is 6.07 Å². The van der Waals surface area contributed by atoms with Crippen molar-refractivity contribution >= 4 is 17.4 Å². The highest BCUT2D eigenvalue weighted by Gasteiger charge is 2.44. The van der Waals surface area contributed by atoms with Crippen molar-refractivity contribution < 1.29 is 4.92 Å². The van der Waals surface area contributed by atoms with E-state index in [9.17, 15) is 10.1 Å². The van der Waals surface area contributed by atoms with Gasteiger partial charge in [-0.15, -0.1) is 0 Å².